The SMILES string of the molecule is COC(=O)c1ccc(C(=O)Nc2nc(-c3ccc(C)s3)cs2)s1. The normalized spacial score (nSPS) is 10.5. The number of methoxy groups -OCH3 is 1. The molecule has 0 saturated carbocycles. The number of aryl methyl sites for hydroxylation is 1. The molecule has 3 aromatic heterocycles. The molecule has 0 aromatic carbocycles. The fraction of sp³-hybridized carbons (Fsp3) is 0.133. The summed E-state index contributed by atoms with van der Waals surface area (Å²) < 4.78 is 4.63. The third-order valence-corrected chi connectivity index (χ3v) is 5.78. The average Bonchev–Trinajstić information content (AvgIpc) is 3.25. The molecule has 3 aromatic rings. The maximum Gasteiger partial charge on any atom is 0.348 e. The summed E-state index contributed by atoms with van der Waals surface area (Å²) in [6.07, 6.45) is 0. The van der Waals surface area contributed by atoms with Crippen LogP contribution in [0.25, 0.3) is 10.6 Å². The van der Waals surface area contributed by atoms with Gasteiger partial charge < -0.3 is 4.74 Å². The molecule has 0 radical (unpaired) electrons. The number of ether oxygens (including phenoxy) is 1. The standard InChI is InChI=1S/C15H12N2O3S3/c1-8-3-4-10(22-8)9-7-21-15(16-9)17-13(18)11-5-6-12(23-11)14(19)20-2/h3-7H,1-2H3,(H,16,17,18). The first-order valence-corrected chi connectivity index (χ1v) is 9.10. The summed E-state index contributed by atoms with van der Waals surface area (Å²) >= 11 is 4.12. The van der Waals surface area contributed by atoms with Crippen LogP contribution in [-0.2, 0) is 4.74 Å². The van der Waals surface area contributed by atoms with E-state index in [4.69, 9.17) is 0 Å². The number of carbonyl (C=O) groups is 2. The Morgan fingerprint density at radius 1 is 1.13 bits per heavy atom. The minimum atomic E-state index is -0.446. The number of nitrogens with one attached hydrogen (secondary N) is 1. The molecule has 0 atom stereocenters. The largest absolute Gasteiger partial charge is 0.465 e. The van der Waals surface area contributed by atoms with Crippen molar-refractivity contribution in [2.24, 2.45) is 0 Å². The van der Waals surface area contributed by atoms with Crippen molar-refractivity contribution in [1.82, 2.24) is 4.98 Å². The molecule has 0 aliphatic heterocycles. The summed E-state index contributed by atoms with van der Waals surface area (Å²) in [5.74, 6) is -0.730. The molecule has 23 heavy (non-hydrogen) atoms. The minimum Gasteiger partial charge on any atom is -0.465 e. The van der Waals surface area contributed by atoms with Crippen LogP contribution in [-0.4, -0.2) is 24.0 Å². The molecule has 3 rings (SSSR count). The number of carbonyl (C=O) groups excluding carboxylic acids is 2. The number of thiazole rings is 1. The van der Waals surface area contributed by atoms with E-state index in [1.165, 1.54) is 23.3 Å². The van der Waals surface area contributed by atoms with Gasteiger partial charge in [-0.3, -0.25) is 10.1 Å². The second kappa shape index (κ2) is 6.61. The molecular weight excluding hydrogens is 352 g/mol. The van der Waals surface area contributed by atoms with Crippen LogP contribution in [0.4, 0.5) is 5.13 Å². The number of anilines is 1. The van der Waals surface area contributed by atoms with E-state index in [9.17, 15) is 9.59 Å². The van der Waals surface area contributed by atoms with Gasteiger partial charge in [-0.25, -0.2) is 9.78 Å². The van der Waals surface area contributed by atoms with Gasteiger partial charge >= 0.3 is 5.97 Å². The van der Waals surface area contributed by atoms with E-state index < -0.39 is 5.97 Å². The molecule has 0 unspecified atom stereocenters. The van der Waals surface area contributed by atoms with Crippen LogP contribution in [0, 0.1) is 6.92 Å². The van der Waals surface area contributed by atoms with Crippen molar-refractivity contribution in [2.75, 3.05) is 12.4 Å². The second-order valence-electron chi connectivity index (χ2n) is 4.56. The number of nitrogens with zero attached hydrogens (tertiary/aromatic N) is 1. The van der Waals surface area contributed by atoms with Crippen molar-refractivity contribution in [3.63, 3.8) is 0 Å². The van der Waals surface area contributed by atoms with Crippen LogP contribution in [0.2, 0.25) is 0 Å². The minimum absolute atomic E-state index is 0.284. The number of hydrogen-bond acceptors (Lipinski definition) is 7. The highest BCUT2D eigenvalue weighted by atomic mass is 32.1. The Labute approximate surface area is 144 Å². The molecule has 3 heterocycles. The molecule has 8 heteroatoms. The fourth-order valence-electron chi connectivity index (χ4n) is 1.85. The quantitative estimate of drug-likeness (QED) is 0.702. The first-order chi connectivity index (χ1) is 11.1. The number of rotatable bonds is 4. The van der Waals surface area contributed by atoms with Gasteiger partial charge in [-0.05, 0) is 31.2 Å². The van der Waals surface area contributed by atoms with E-state index in [1.54, 1.807) is 23.5 Å². The molecule has 0 aliphatic rings. The Balaban J connectivity index is 1.72. The van der Waals surface area contributed by atoms with Crippen molar-refractivity contribution in [2.45, 2.75) is 6.92 Å². The lowest BCUT2D eigenvalue weighted by Crippen LogP contribution is -2.09. The zero-order valence-corrected chi connectivity index (χ0v) is 14.7. The predicted octanol–water partition coefficient (Wildman–Crippen LogP) is 4.28. The number of amides is 1. The molecule has 1 amide bonds. The predicted molar refractivity (Wildman–Crippen MR) is 93.8 cm³/mol. The van der Waals surface area contributed by atoms with E-state index >= 15 is 0 Å². The summed E-state index contributed by atoms with van der Waals surface area (Å²) in [6, 6.07) is 7.23. The van der Waals surface area contributed by atoms with Crippen molar-refractivity contribution in [3.8, 4) is 10.6 Å². The third kappa shape index (κ3) is 3.49. The van der Waals surface area contributed by atoms with Crippen LogP contribution >= 0.6 is 34.0 Å². The first-order valence-electron chi connectivity index (χ1n) is 6.58. The number of thiophene rings is 2. The zero-order chi connectivity index (χ0) is 16.4. The smallest absolute Gasteiger partial charge is 0.348 e. The van der Waals surface area contributed by atoms with Gasteiger partial charge in [0.05, 0.1) is 22.6 Å². The molecule has 1 N–H and O–H groups in total. The van der Waals surface area contributed by atoms with Crippen molar-refractivity contribution >= 4 is 51.0 Å². The summed E-state index contributed by atoms with van der Waals surface area (Å²) in [7, 11) is 1.31. The van der Waals surface area contributed by atoms with Gasteiger partial charge in [-0.15, -0.1) is 34.0 Å². The topological polar surface area (TPSA) is 68.3 Å². The van der Waals surface area contributed by atoms with E-state index in [0.717, 1.165) is 21.9 Å². The van der Waals surface area contributed by atoms with Gasteiger partial charge in [-0.2, -0.15) is 0 Å². The molecule has 5 nitrogen and oxygen atoms in total. The Kier molecular flexibility index (Phi) is 4.56. The number of hydrogen-bond donors (Lipinski definition) is 1. The monoisotopic (exact) mass is 364 g/mol. The number of esters is 1. The van der Waals surface area contributed by atoms with Crippen molar-refractivity contribution < 1.29 is 14.3 Å². The highest BCUT2D eigenvalue weighted by Gasteiger charge is 2.15. The van der Waals surface area contributed by atoms with Crippen molar-refractivity contribution in [1.29, 1.82) is 0 Å². The summed E-state index contributed by atoms with van der Waals surface area (Å²) in [5, 5.41) is 5.20. The zero-order valence-electron chi connectivity index (χ0n) is 12.3. The fourth-order valence-corrected chi connectivity index (χ4v) is 4.27. The van der Waals surface area contributed by atoms with Crippen molar-refractivity contribution in [3.05, 3.63) is 44.3 Å². The van der Waals surface area contributed by atoms with Crippen LogP contribution < -0.4 is 5.32 Å². The molecule has 0 fully saturated rings. The lowest BCUT2D eigenvalue weighted by molar-refractivity contribution is 0.0606. The van der Waals surface area contributed by atoms with E-state index in [-0.39, 0.29) is 5.91 Å². The maximum atomic E-state index is 12.2. The van der Waals surface area contributed by atoms with Crippen LogP contribution in [0.3, 0.4) is 0 Å². The van der Waals surface area contributed by atoms with Gasteiger partial charge in [0.2, 0.25) is 0 Å². The molecule has 0 spiro atoms. The van der Waals surface area contributed by atoms with Gasteiger partial charge in [-0.1, -0.05) is 0 Å². The molecule has 0 bridgehead atoms. The van der Waals surface area contributed by atoms with Crippen LogP contribution in [0.15, 0.2) is 29.6 Å². The molecular formula is C15H12N2O3S3. The first kappa shape index (κ1) is 15.9. The van der Waals surface area contributed by atoms with E-state index in [1.807, 2.05) is 24.4 Å². The summed E-state index contributed by atoms with van der Waals surface area (Å²) in [5.41, 5.74) is 0.852. The number of aromatic nitrogens is 1. The second-order valence-corrected chi connectivity index (χ2v) is 7.79. The highest BCUT2D eigenvalue weighted by molar-refractivity contribution is 7.17. The summed E-state index contributed by atoms with van der Waals surface area (Å²) in [4.78, 5) is 31.2. The highest BCUT2D eigenvalue weighted by Crippen LogP contribution is 2.30. The van der Waals surface area contributed by atoms with Crippen LogP contribution in [0.1, 0.15) is 24.2 Å². The van der Waals surface area contributed by atoms with Crippen LogP contribution in [0.5, 0.6) is 0 Å². The van der Waals surface area contributed by atoms with Gasteiger partial charge in [0, 0.05) is 10.3 Å². The lowest BCUT2D eigenvalue weighted by Gasteiger charge is -1.98. The van der Waals surface area contributed by atoms with Gasteiger partial charge in [0.15, 0.2) is 5.13 Å². The maximum absolute atomic E-state index is 12.2. The van der Waals surface area contributed by atoms with Gasteiger partial charge in [0.1, 0.15) is 4.88 Å². The molecule has 0 aliphatic carbocycles. The lowest BCUT2D eigenvalue weighted by atomic mass is 10.4. The Hall–Kier alpha value is -2.03. The Morgan fingerprint density at radius 3 is 2.61 bits per heavy atom. The van der Waals surface area contributed by atoms with E-state index in [0.29, 0.717) is 14.9 Å². The summed E-state index contributed by atoms with van der Waals surface area (Å²) in [6.45, 7) is 2.04. The Bertz CT molecular complexity index is 863. The molecule has 118 valence electrons. The Morgan fingerprint density at radius 2 is 1.91 bits per heavy atom. The average molecular weight is 364 g/mol. The van der Waals surface area contributed by atoms with Gasteiger partial charge in [0.25, 0.3) is 5.91 Å². The third-order valence-electron chi connectivity index (χ3n) is 2.93. The molecule has 0 saturated heterocycles. The van der Waals surface area contributed by atoms with E-state index in [2.05, 4.69) is 15.0 Å².